The summed E-state index contributed by atoms with van der Waals surface area (Å²) >= 11 is 6.95. The number of hydrogen-bond acceptors (Lipinski definition) is 4. The Hall–Kier alpha value is -1.83. The van der Waals surface area contributed by atoms with Crippen molar-refractivity contribution in [3.05, 3.63) is 65.2 Å². The molecule has 0 aliphatic carbocycles. The van der Waals surface area contributed by atoms with Crippen LogP contribution in [0.3, 0.4) is 0 Å². The number of hydrogen-bond donors (Lipinski definition) is 0. The van der Waals surface area contributed by atoms with Crippen LogP contribution in [0.15, 0.2) is 63.9 Å². The van der Waals surface area contributed by atoms with Crippen molar-refractivity contribution in [3.8, 4) is 0 Å². The van der Waals surface area contributed by atoms with Gasteiger partial charge < -0.3 is 0 Å². The zero-order chi connectivity index (χ0) is 18.0. The number of nitrogens with zero attached hydrogens (tertiary/aromatic N) is 2. The second-order valence-electron chi connectivity index (χ2n) is 5.29. The Balaban J connectivity index is 1.96. The lowest BCUT2D eigenvalue weighted by molar-refractivity contribution is -0.126. The second-order valence-corrected chi connectivity index (χ2v) is 8.41. The predicted octanol–water partition coefficient (Wildman–Crippen LogP) is 3.72. The first-order valence-corrected chi connectivity index (χ1v) is 10.3. The van der Waals surface area contributed by atoms with Crippen LogP contribution >= 0.6 is 23.4 Å². The van der Waals surface area contributed by atoms with Crippen LogP contribution in [0.2, 0.25) is 5.02 Å². The third kappa shape index (κ3) is 3.73. The molecule has 3 rings (SSSR count). The fraction of sp³-hybridized carbons (Fsp3) is 0.176. The number of likely N-dealkylation sites (N-methyl/N-ethyl adjacent to an activating group) is 1. The van der Waals surface area contributed by atoms with E-state index in [9.17, 15) is 13.2 Å². The van der Waals surface area contributed by atoms with Crippen LogP contribution in [0, 0.1) is 0 Å². The molecule has 0 radical (unpaired) electrons. The van der Waals surface area contributed by atoms with Crippen LogP contribution in [-0.2, 0) is 14.8 Å². The van der Waals surface area contributed by atoms with Crippen molar-refractivity contribution in [3.63, 3.8) is 0 Å². The Labute approximate surface area is 155 Å². The summed E-state index contributed by atoms with van der Waals surface area (Å²) in [5.41, 5.74) is 0.824. The SMILES string of the molecule is CCN1C(=O)[C@@H](c2ccccc2)SC1=NS(=O)(=O)c1ccc(Cl)cc1. The summed E-state index contributed by atoms with van der Waals surface area (Å²) in [5.74, 6) is -0.163. The maximum Gasteiger partial charge on any atom is 0.284 e. The standard InChI is InChI=1S/C17H15ClN2O3S2/c1-2-20-16(21)15(12-6-4-3-5-7-12)24-17(20)19-25(22,23)14-10-8-13(18)9-11-14/h3-11,15H,2H2,1H3/t15-/m1/s1. The fourth-order valence-electron chi connectivity index (χ4n) is 2.42. The molecule has 1 heterocycles. The number of carbonyl (C=O) groups excluding carboxylic acids is 1. The van der Waals surface area contributed by atoms with Gasteiger partial charge in [-0.2, -0.15) is 8.42 Å². The van der Waals surface area contributed by atoms with Gasteiger partial charge in [0.2, 0.25) is 5.91 Å². The topological polar surface area (TPSA) is 66.8 Å². The number of amidine groups is 1. The van der Waals surface area contributed by atoms with Crippen molar-refractivity contribution < 1.29 is 13.2 Å². The van der Waals surface area contributed by atoms with Crippen LogP contribution < -0.4 is 0 Å². The fourth-order valence-corrected chi connectivity index (χ4v) is 4.98. The molecule has 2 aromatic carbocycles. The highest BCUT2D eigenvalue weighted by Gasteiger charge is 2.39. The minimum Gasteiger partial charge on any atom is -0.290 e. The van der Waals surface area contributed by atoms with E-state index >= 15 is 0 Å². The van der Waals surface area contributed by atoms with E-state index in [-0.39, 0.29) is 16.0 Å². The van der Waals surface area contributed by atoms with Crippen molar-refractivity contribution in [2.75, 3.05) is 6.54 Å². The molecule has 1 amide bonds. The molecular formula is C17H15ClN2O3S2. The maximum absolute atomic E-state index is 12.6. The Morgan fingerprint density at radius 1 is 1.12 bits per heavy atom. The molecule has 130 valence electrons. The van der Waals surface area contributed by atoms with Gasteiger partial charge in [0.1, 0.15) is 5.25 Å². The first kappa shape index (κ1) is 18.0. The van der Waals surface area contributed by atoms with Crippen molar-refractivity contribution in [2.45, 2.75) is 17.1 Å². The summed E-state index contributed by atoms with van der Waals surface area (Å²) in [7, 11) is -3.92. The van der Waals surface area contributed by atoms with Crippen LogP contribution in [0.1, 0.15) is 17.7 Å². The first-order chi connectivity index (χ1) is 11.9. The van der Waals surface area contributed by atoms with Gasteiger partial charge in [-0.05, 0) is 36.8 Å². The summed E-state index contributed by atoms with van der Waals surface area (Å²) < 4.78 is 29.0. The second kappa shape index (κ2) is 7.19. The number of carbonyl (C=O) groups is 1. The van der Waals surface area contributed by atoms with E-state index in [0.717, 1.165) is 17.3 Å². The Kier molecular flexibility index (Phi) is 5.17. The van der Waals surface area contributed by atoms with E-state index in [4.69, 9.17) is 11.6 Å². The van der Waals surface area contributed by atoms with E-state index in [1.165, 1.54) is 29.2 Å². The van der Waals surface area contributed by atoms with E-state index in [0.29, 0.717) is 11.6 Å². The minimum absolute atomic E-state index is 0.0386. The highest BCUT2D eigenvalue weighted by atomic mass is 35.5. The van der Waals surface area contributed by atoms with E-state index < -0.39 is 15.3 Å². The van der Waals surface area contributed by atoms with Crippen molar-refractivity contribution >= 4 is 44.5 Å². The van der Waals surface area contributed by atoms with E-state index in [1.54, 1.807) is 6.92 Å². The molecule has 1 aliphatic heterocycles. The highest BCUT2D eigenvalue weighted by Crippen LogP contribution is 2.39. The molecule has 0 aromatic heterocycles. The average Bonchev–Trinajstić information content (AvgIpc) is 2.91. The van der Waals surface area contributed by atoms with Crippen LogP contribution in [0.5, 0.6) is 0 Å². The summed E-state index contributed by atoms with van der Waals surface area (Å²) in [6.07, 6.45) is 0. The summed E-state index contributed by atoms with van der Waals surface area (Å²) in [6.45, 7) is 2.14. The zero-order valence-electron chi connectivity index (χ0n) is 13.3. The van der Waals surface area contributed by atoms with E-state index in [2.05, 4.69) is 4.40 Å². The van der Waals surface area contributed by atoms with Gasteiger partial charge in [-0.1, -0.05) is 53.7 Å². The Bertz CT molecular complexity index is 913. The van der Waals surface area contributed by atoms with Crippen molar-refractivity contribution in [1.29, 1.82) is 0 Å². The molecule has 1 atom stereocenters. The molecule has 5 nitrogen and oxygen atoms in total. The lowest BCUT2D eigenvalue weighted by atomic mass is 10.1. The van der Waals surface area contributed by atoms with Gasteiger partial charge in [0.25, 0.3) is 10.0 Å². The number of halogens is 1. The summed E-state index contributed by atoms with van der Waals surface area (Å²) in [5, 5.41) is 0.146. The number of benzene rings is 2. The molecule has 1 fully saturated rings. The molecule has 2 aromatic rings. The minimum atomic E-state index is -3.92. The van der Waals surface area contributed by atoms with Crippen LogP contribution in [0.4, 0.5) is 0 Å². The Morgan fingerprint density at radius 3 is 2.36 bits per heavy atom. The molecule has 0 spiro atoms. The molecule has 0 N–H and O–H groups in total. The van der Waals surface area contributed by atoms with E-state index in [1.807, 2.05) is 30.3 Å². The zero-order valence-corrected chi connectivity index (χ0v) is 15.7. The average molecular weight is 395 g/mol. The number of thioether (sulfide) groups is 1. The quantitative estimate of drug-likeness (QED) is 0.792. The molecule has 0 unspecified atom stereocenters. The summed E-state index contributed by atoms with van der Waals surface area (Å²) in [6, 6.07) is 15.0. The number of rotatable bonds is 4. The van der Waals surface area contributed by atoms with Crippen molar-refractivity contribution in [2.24, 2.45) is 4.40 Å². The predicted molar refractivity (Wildman–Crippen MR) is 100 cm³/mol. The van der Waals surface area contributed by atoms with Gasteiger partial charge in [0.05, 0.1) is 4.90 Å². The lowest BCUT2D eigenvalue weighted by Crippen LogP contribution is -2.30. The van der Waals surface area contributed by atoms with Gasteiger partial charge in [-0.3, -0.25) is 9.69 Å². The lowest BCUT2D eigenvalue weighted by Gasteiger charge is -2.13. The van der Waals surface area contributed by atoms with Crippen LogP contribution in [-0.4, -0.2) is 30.9 Å². The third-order valence-corrected chi connectivity index (χ3v) is 6.55. The van der Waals surface area contributed by atoms with Gasteiger partial charge in [0.15, 0.2) is 5.17 Å². The molecule has 1 aliphatic rings. The summed E-state index contributed by atoms with van der Waals surface area (Å²) in [4.78, 5) is 14.1. The maximum atomic E-state index is 12.6. The Morgan fingerprint density at radius 2 is 1.76 bits per heavy atom. The largest absolute Gasteiger partial charge is 0.290 e. The van der Waals surface area contributed by atoms with Crippen molar-refractivity contribution in [1.82, 2.24) is 4.90 Å². The highest BCUT2D eigenvalue weighted by molar-refractivity contribution is 8.15. The van der Waals surface area contributed by atoms with Crippen LogP contribution in [0.25, 0.3) is 0 Å². The molecule has 8 heteroatoms. The normalized spacial score (nSPS) is 19.6. The number of amides is 1. The molecule has 1 saturated heterocycles. The molecule has 25 heavy (non-hydrogen) atoms. The molecular weight excluding hydrogens is 380 g/mol. The van der Waals surface area contributed by atoms with Gasteiger partial charge >= 0.3 is 0 Å². The molecule has 0 bridgehead atoms. The van der Waals surface area contributed by atoms with Gasteiger partial charge in [-0.15, -0.1) is 4.40 Å². The first-order valence-electron chi connectivity index (χ1n) is 7.56. The third-order valence-electron chi connectivity index (χ3n) is 3.67. The monoisotopic (exact) mass is 394 g/mol. The smallest absolute Gasteiger partial charge is 0.284 e. The number of sulfonamides is 1. The van der Waals surface area contributed by atoms with Gasteiger partial charge in [-0.25, -0.2) is 0 Å². The van der Waals surface area contributed by atoms with Gasteiger partial charge in [0, 0.05) is 11.6 Å². The molecule has 0 saturated carbocycles.